The number of alkyl halides is 9. The van der Waals surface area contributed by atoms with Gasteiger partial charge in [-0.05, 0) is 43.7 Å². The molecule has 0 spiro atoms. The summed E-state index contributed by atoms with van der Waals surface area (Å²) in [6.45, 7) is 2.24. The van der Waals surface area contributed by atoms with Crippen LogP contribution >= 0.6 is 0 Å². The Morgan fingerprint density at radius 1 is 0.882 bits per heavy atom. The number of carbonyl (C=O) groups excluding carboxylic acids is 2. The standard InChI is InChI=1S/C21H21F9O4/c1-3-33-15(31)17(16(32)34-4-2)9-12-7-5-6-8-14(12)13(10-17)11-18(22,23)19(24,25)20(26,27)21(28,29)30/h5-8,13H,3-4,9-11H2,1-2H3. The fourth-order valence-electron chi connectivity index (χ4n) is 3.98. The van der Waals surface area contributed by atoms with Crippen molar-refractivity contribution in [2.24, 2.45) is 5.41 Å². The van der Waals surface area contributed by atoms with Gasteiger partial charge in [0.15, 0.2) is 5.41 Å². The summed E-state index contributed by atoms with van der Waals surface area (Å²) in [6, 6.07) is 5.15. The number of fused-ring (bicyclic) bond motifs is 1. The molecule has 0 amide bonds. The molecular weight excluding hydrogens is 487 g/mol. The van der Waals surface area contributed by atoms with Crippen LogP contribution in [-0.4, -0.2) is 49.1 Å². The second kappa shape index (κ2) is 9.29. The molecular formula is C21H21F9O4. The number of hydrogen-bond donors (Lipinski definition) is 0. The summed E-state index contributed by atoms with van der Waals surface area (Å²) in [5, 5.41) is 0. The number of esters is 2. The first-order chi connectivity index (χ1) is 15.5. The van der Waals surface area contributed by atoms with E-state index in [-0.39, 0.29) is 24.3 Å². The van der Waals surface area contributed by atoms with E-state index in [1.54, 1.807) is 0 Å². The molecule has 1 aliphatic rings. The Labute approximate surface area is 188 Å². The molecule has 1 atom stereocenters. The third-order valence-corrected chi connectivity index (χ3v) is 5.63. The first-order valence-corrected chi connectivity index (χ1v) is 10.1. The lowest BCUT2D eigenvalue weighted by Crippen LogP contribution is -2.61. The van der Waals surface area contributed by atoms with Crippen molar-refractivity contribution < 1.29 is 58.6 Å². The molecule has 0 saturated heterocycles. The minimum absolute atomic E-state index is 0.0570. The molecule has 0 N–H and O–H groups in total. The van der Waals surface area contributed by atoms with Crippen LogP contribution < -0.4 is 0 Å². The third-order valence-electron chi connectivity index (χ3n) is 5.63. The van der Waals surface area contributed by atoms with Crippen LogP contribution in [0.15, 0.2) is 24.3 Å². The van der Waals surface area contributed by atoms with Gasteiger partial charge in [-0.3, -0.25) is 9.59 Å². The van der Waals surface area contributed by atoms with Crippen LogP contribution in [0.5, 0.6) is 0 Å². The molecule has 1 unspecified atom stereocenters. The quantitative estimate of drug-likeness (QED) is 0.257. The Bertz CT molecular complexity index is 894. The number of carbonyl (C=O) groups is 2. The van der Waals surface area contributed by atoms with E-state index in [9.17, 15) is 49.1 Å². The highest BCUT2D eigenvalue weighted by atomic mass is 19.4. The second-order valence-corrected chi connectivity index (χ2v) is 7.85. The van der Waals surface area contributed by atoms with Gasteiger partial charge in [-0.25, -0.2) is 0 Å². The van der Waals surface area contributed by atoms with E-state index in [0.29, 0.717) is 0 Å². The number of benzene rings is 1. The summed E-state index contributed by atoms with van der Waals surface area (Å²) >= 11 is 0. The van der Waals surface area contributed by atoms with E-state index < -0.39 is 66.5 Å². The average molecular weight is 508 g/mol. The Morgan fingerprint density at radius 2 is 1.38 bits per heavy atom. The van der Waals surface area contributed by atoms with Gasteiger partial charge in [0.05, 0.1) is 13.2 Å². The topological polar surface area (TPSA) is 52.6 Å². The van der Waals surface area contributed by atoms with Crippen LogP contribution in [0.3, 0.4) is 0 Å². The van der Waals surface area contributed by atoms with Crippen molar-refractivity contribution in [3.63, 3.8) is 0 Å². The van der Waals surface area contributed by atoms with Crippen molar-refractivity contribution in [3.05, 3.63) is 35.4 Å². The first-order valence-electron chi connectivity index (χ1n) is 10.1. The molecule has 34 heavy (non-hydrogen) atoms. The number of rotatable bonds is 8. The van der Waals surface area contributed by atoms with Gasteiger partial charge in [0, 0.05) is 6.42 Å². The van der Waals surface area contributed by atoms with Crippen molar-refractivity contribution in [1.82, 2.24) is 0 Å². The van der Waals surface area contributed by atoms with Gasteiger partial charge in [-0.2, -0.15) is 39.5 Å². The summed E-state index contributed by atoms with van der Waals surface area (Å²) in [6.07, 6.45) is -10.5. The monoisotopic (exact) mass is 508 g/mol. The van der Waals surface area contributed by atoms with Crippen LogP contribution in [0.25, 0.3) is 0 Å². The summed E-state index contributed by atoms with van der Waals surface area (Å²) in [4.78, 5) is 25.4. The van der Waals surface area contributed by atoms with E-state index in [0.717, 1.165) is 0 Å². The van der Waals surface area contributed by atoms with Gasteiger partial charge in [-0.1, -0.05) is 24.3 Å². The first kappa shape index (κ1) is 27.8. The number of ether oxygens (including phenoxy) is 2. The molecule has 0 fully saturated rings. The van der Waals surface area contributed by atoms with Gasteiger partial charge >= 0.3 is 35.9 Å². The van der Waals surface area contributed by atoms with Crippen LogP contribution in [0, 0.1) is 5.41 Å². The molecule has 0 aliphatic heterocycles. The van der Waals surface area contributed by atoms with Gasteiger partial charge in [0.2, 0.25) is 0 Å². The van der Waals surface area contributed by atoms with E-state index in [1.165, 1.54) is 38.1 Å². The maximum absolute atomic E-state index is 14.5. The summed E-state index contributed by atoms with van der Waals surface area (Å²) < 4.78 is 131. The molecule has 0 bridgehead atoms. The molecule has 2 rings (SSSR count). The fraction of sp³-hybridized carbons (Fsp3) is 0.619. The smallest absolute Gasteiger partial charge is 0.460 e. The molecule has 192 valence electrons. The van der Waals surface area contributed by atoms with Crippen LogP contribution in [0.4, 0.5) is 39.5 Å². The van der Waals surface area contributed by atoms with Gasteiger partial charge < -0.3 is 9.47 Å². The molecule has 13 heteroatoms. The summed E-state index contributed by atoms with van der Waals surface area (Å²) in [7, 11) is 0. The normalized spacial score (nSPS) is 18.7. The highest BCUT2D eigenvalue weighted by Crippen LogP contribution is 2.57. The molecule has 0 saturated carbocycles. The van der Waals surface area contributed by atoms with E-state index in [4.69, 9.17) is 9.47 Å². The molecule has 4 nitrogen and oxygen atoms in total. The molecule has 1 aliphatic carbocycles. The second-order valence-electron chi connectivity index (χ2n) is 7.85. The van der Waals surface area contributed by atoms with Gasteiger partial charge in [0.25, 0.3) is 0 Å². The van der Waals surface area contributed by atoms with Crippen LogP contribution in [0.2, 0.25) is 0 Å². The molecule has 0 heterocycles. The maximum Gasteiger partial charge on any atom is 0.460 e. The van der Waals surface area contributed by atoms with Crippen molar-refractivity contribution in [1.29, 1.82) is 0 Å². The minimum Gasteiger partial charge on any atom is -0.465 e. The fourth-order valence-corrected chi connectivity index (χ4v) is 3.98. The zero-order valence-corrected chi connectivity index (χ0v) is 18.0. The highest BCUT2D eigenvalue weighted by Gasteiger charge is 2.81. The molecule has 1 aromatic rings. The van der Waals surface area contributed by atoms with Crippen LogP contribution in [0.1, 0.15) is 43.7 Å². The molecule has 0 radical (unpaired) electrons. The zero-order valence-electron chi connectivity index (χ0n) is 18.0. The summed E-state index contributed by atoms with van der Waals surface area (Å²) in [5.41, 5.74) is -2.33. The number of halogens is 9. The summed E-state index contributed by atoms with van der Waals surface area (Å²) in [5.74, 6) is -24.1. The lowest BCUT2D eigenvalue weighted by atomic mass is 9.65. The Kier molecular flexibility index (Phi) is 7.59. The van der Waals surface area contributed by atoms with Crippen molar-refractivity contribution in [2.45, 2.75) is 63.0 Å². The third kappa shape index (κ3) is 4.57. The average Bonchev–Trinajstić information content (AvgIpc) is 2.72. The van der Waals surface area contributed by atoms with Gasteiger partial charge in [-0.15, -0.1) is 0 Å². The zero-order chi connectivity index (χ0) is 26.2. The Balaban J connectivity index is 2.59. The van der Waals surface area contributed by atoms with E-state index in [2.05, 4.69) is 0 Å². The van der Waals surface area contributed by atoms with Gasteiger partial charge in [0.1, 0.15) is 0 Å². The Hall–Kier alpha value is -2.47. The predicted molar refractivity (Wildman–Crippen MR) is 98.7 cm³/mol. The van der Waals surface area contributed by atoms with Crippen LogP contribution in [-0.2, 0) is 25.5 Å². The van der Waals surface area contributed by atoms with E-state index >= 15 is 0 Å². The lowest BCUT2D eigenvalue weighted by Gasteiger charge is -2.41. The predicted octanol–water partition coefficient (Wildman–Crippen LogP) is 5.69. The number of hydrogen-bond acceptors (Lipinski definition) is 4. The van der Waals surface area contributed by atoms with E-state index in [1.807, 2.05) is 0 Å². The van der Waals surface area contributed by atoms with Crippen molar-refractivity contribution >= 4 is 11.9 Å². The SMILES string of the molecule is CCOC(=O)C1(C(=O)OCC)Cc2ccccc2C(CC(F)(F)C(F)(F)C(F)(F)C(F)(F)F)C1. The Morgan fingerprint density at radius 3 is 1.85 bits per heavy atom. The largest absolute Gasteiger partial charge is 0.465 e. The molecule has 1 aromatic carbocycles. The minimum atomic E-state index is -7.04. The molecule has 0 aromatic heterocycles. The maximum atomic E-state index is 14.5. The highest BCUT2D eigenvalue weighted by molar-refractivity contribution is 6.01. The lowest BCUT2D eigenvalue weighted by molar-refractivity contribution is -0.397. The van der Waals surface area contributed by atoms with Crippen molar-refractivity contribution in [2.75, 3.05) is 13.2 Å². The van der Waals surface area contributed by atoms with Crippen molar-refractivity contribution in [3.8, 4) is 0 Å².